The Bertz CT molecular complexity index is 1710. The van der Waals surface area contributed by atoms with Gasteiger partial charge in [-0.25, -0.2) is 17.4 Å². The summed E-state index contributed by atoms with van der Waals surface area (Å²) < 4.78 is 41.4. The molecule has 0 aliphatic heterocycles. The van der Waals surface area contributed by atoms with E-state index in [2.05, 4.69) is 25.9 Å². The summed E-state index contributed by atoms with van der Waals surface area (Å²) in [6.07, 6.45) is 3.63. The van der Waals surface area contributed by atoms with Gasteiger partial charge in [-0.2, -0.15) is 0 Å². The topological polar surface area (TPSA) is 100 Å². The minimum Gasteiger partial charge on any atom is -0.438 e. The number of rotatable bonds is 7. The number of nitrogens with zero attached hydrogens (tertiary/aromatic N) is 3. The summed E-state index contributed by atoms with van der Waals surface area (Å²) in [6, 6.07) is 15.2. The average molecular weight is 566 g/mol. The Morgan fingerprint density at radius 3 is 2.42 bits per heavy atom. The van der Waals surface area contributed by atoms with Crippen LogP contribution in [0.1, 0.15) is 21.6 Å². The van der Waals surface area contributed by atoms with Gasteiger partial charge in [0.15, 0.2) is 6.29 Å². The summed E-state index contributed by atoms with van der Waals surface area (Å²) in [7, 11) is -2.54. The summed E-state index contributed by atoms with van der Waals surface area (Å²) in [5.41, 5.74) is 2.25. The van der Waals surface area contributed by atoms with E-state index in [1.807, 2.05) is 6.92 Å². The number of pyridine rings is 2. The van der Waals surface area contributed by atoms with Gasteiger partial charge in [0.2, 0.25) is 5.88 Å². The molecular weight excluding hydrogens is 546 g/mol. The van der Waals surface area contributed by atoms with E-state index in [1.165, 1.54) is 17.3 Å². The van der Waals surface area contributed by atoms with Crippen LogP contribution >= 0.6 is 15.9 Å². The van der Waals surface area contributed by atoms with Gasteiger partial charge in [-0.3, -0.25) is 9.78 Å². The lowest BCUT2D eigenvalue weighted by Crippen LogP contribution is -2.13. The fourth-order valence-electron chi connectivity index (χ4n) is 4.15. The van der Waals surface area contributed by atoms with Crippen LogP contribution in [0.3, 0.4) is 0 Å². The van der Waals surface area contributed by atoms with Crippen LogP contribution in [-0.4, -0.2) is 35.8 Å². The minimum atomic E-state index is -4.04. The summed E-state index contributed by atoms with van der Waals surface area (Å²) in [5.74, 6) is 0.705. The number of hydrogen-bond donors (Lipinski definition) is 0. The van der Waals surface area contributed by atoms with E-state index in [4.69, 9.17) is 9.47 Å². The van der Waals surface area contributed by atoms with Crippen molar-refractivity contribution in [1.82, 2.24) is 13.9 Å². The standard InChI is InChI=1S/C26H20BrN3O5S/c1-16-6-9-18(10-7-16)36(32,33)30-21-4-3-5-23(35-24-11-8-17(27)12-29-24)26(21)25-19(15-34-2)20(14-31)28-13-22(25)30/h3-14H,15H2,1-2H3. The third-order valence-corrected chi connectivity index (χ3v) is 7.97. The molecule has 0 N–H and O–H groups in total. The second-order valence-corrected chi connectivity index (χ2v) is 10.8. The molecular formula is C26H20BrN3O5S. The molecule has 0 atom stereocenters. The highest BCUT2D eigenvalue weighted by Crippen LogP contribution is 2.41. The number of aryl methyl sites for hydroxylation is 1. The summed E-state index contributed by atoms with van der Waals surface area (Å²) in [6.45, 7) is 1.94. The Morgan fingerprint density at radius 2 is 1.75 bits per heavy atom. The van der Waals surface area contributed by atoms with Gasteiger partial charge < -0.3 is 9.47 Å². The number of carbonyl (C=O) groups excluding carboxylic acids is 1. The van der Waals surface area contributed by atoms with Crippen LogP contribution < -0.4 is 4.74 Å². The number of aromatic nitrogens is 3. The Kier molecular flexibility index (Phi) is 6.33. The quantitative estimate of drug-likeness (QED) is 0.235. The molecule has 36 heavy (non-hydrogen) atoms. The molecule has 0 fully saturated rings. The van der Waals surface area contributed by atoms with Gasteiger partial charge in [-0.15, -0.1) is 0 Å². The molecule has 0 aliphatic rings. The van der Waals surface area contributed by atoms with Crippen LogP contribution in [0.4, 0.5) is 0 Å². The highest BCUT2D eigenvalue weighted by atomic mass is 79.9. The largest absolute Gasteiger partial charge is 0.438 e. The maximum absolute atomic E-state index is 13.9. The van der Waals surface area contributed by atoms with Crippen molar-refractivity contribution in [3.8, 4) is 11.6 Å². The van der Waals surface area contributed by atoms with Crippen molar-refractivity contribution < 1.29 is 22.7 Å². The van der Waals surface area contributed by atoms with E-state index >= 15 is 0 Å². The Morgan fingerprint density at radius 1 is 0.972 bits per heavy atom. The number of halogens is 1. The first kappa shape index (κ1) is 24.1. The normalized spacial score (nSPS) is 11.8. The van der Waals surface area contributed by atoms with Crippen LogP contribution in [0, 0.1) is 6.92 Å². The Hall–Kier alpha value is -3.60. The van der Waals surface area contributed by atoms with Gasteiger partial charge in [0.25, 0.3) is 10.0 Å². The lowest BCUT2D eigenvalue weighted by molar-refractivity contribution is 0.111. The number of fused-ring (bicyclic) bond motifs is 3. The van der Waals surface area contributed by atoms with Gasteiger partial charge in [0.05, 0.1) is 34.1 Å². The number of benzene rings is 2. The SMILES string of the molecule is COCc1c(C=O)ncc2c1c1c(Oc3ccc(Br)cn3)cccc1n2S(=O)(=O)c1ccc(C)cc1. The smallest absolute Gasteiger partial charge is 0.268 e. The molecule has 0 saturated carbocycles. The summed E-state index contributed by atoms with van der Waals surface area (Å²) in [5, 5.41) is 1.01. The molecule has 0 aliphatic carbocycles. The molecule has 3 aromatic heterocycles. The van der Waals surface area contributed by atoms with E-state index in [1.54, 1.807) is 60.8 Å². The number of hydrogen-bond acceptors (Lipinski definition) is 7. The molecule has 5 rings (SSSR count). The van der Waals surface area contributed by atoms with Crippen LogP contribution in [0.2, 0.25) is 0 Å². The van der Waals surface area contributed by atoms with Crippen molar-refractivity contribution in [1.29, 1.82) is 0 Å². The van der Waals surface area contributed by atoms with Crippen LogP contribution in [0.5, 0.6) is 11.6 Å². The predicted molar refractivity (Wildman–Crippen MR) is 139 cm³/mol. The van der Waals surface area contributed by atoms with Gasteiger partial charge in [0.1, 0.15) is 11.4 Å². The van der Waals surface area contributed by atoms with Crippen LogP contribution in [0.15, 0.2) is 76.4 Å². The van der Waals surface area contributed by atoms with Gasteiger partial charge in [-0.1, -0.05) is 23.8 Å². The molecule has 0 spiro atoms. The second-order valence-electron chi connectivity index (χ2n) is 8.08. The van der Waals surface area contributed by atoms with Crippen molar-refractivity contribution in [2.24, 2.45) is 0 Å². The third-order valence-electron chi connectivity index (χ3n) is 5.76. The number of methoxy groups -OCH3 is 1. The second kappa shape index (κ2) is 9.45. The molecule has 182 valence electrons. The zero-order chi connectivity index (χ0) is 25.4. The van der Waals surface area contributed by atoms with Crippen molar-refractivity contribution in [3.05, 3.63) is 88.3 Å². The maximum atomic E-state index is 13.9. The lowest BCUT2D eigenvalue weighted by atomic mass is 10.1. The maximum Gasteiger partial charge on any atom is 0.268 e. The number of aldehydes is 1. The molecule has 2 aromatic carbocycles. The van der Waals surface area contributed by atoms with Crippen LogP contribution in [0.25, 0.3) is 21.8 Å². The van der Waals surface area contributed by atoms with Crippen molar-refractivity contribution in [2.75, 3.05) is 7.11 Å². The minimum absolute atomic E-state index is 0.0486. The molecule has 3 heterocycles. The highest BCUT2D eigenvalue weighted by Gasteiger charge is 2.28. The Labute approximate surface area is 215 Å². The van der Waals surface area contributed by atoms with Crippen molar-refractivity contribution in [3.63, 3.8) is 0 Å². The third kappa shape index (κ3) is 4.06. The van der Waals surface area contributed by atoms with E-state index < -0.39 is 10.0 Å². The van der Waals surface area contributed by atoms with E-state index in [-0.39, 0.29) is 17.2 Å². The van der Waals surface area contributed by atoms with E-state index in [0.717, 1.165) is 10.0 Å². The summed E-state index contributed by atoms with van der Waals surface area (Å²) >= 11 is 3.36. The highest BCUT2D eigenvalue weighted by molar-refractivity contribution is 9.10. The van der Waals surface area contributed by atoms with E-state index in [0.29, 0.717) is 45.3 Å². The molecule has 0 bridgehead atoms. The molecule has 8 nitrogen and oxygen atoms in total. The summed E-state index contributed by atoms with van der Waals surface area (Å²) in [4.78, 5) is 20.5. The molecule has 0 radical (unpaired) electrons. The lowest BCUT2D eigenvalue weighted by Gasteiger charge is -2.10. The molecule has 0 amide bonds. The first-order valence-corrected chi connectivity index (χ1v) is 13.1. The molecule has 0 saturated heterocycles. The van der Waals surface area contributed by atoms with Crippen molar-refractivity contribution in [2.45, 2.75) is 18.4 Å². The van der Waals surface area contributed by atoms with Gasteiger partial charge in [-0.05, 0) is 53.2 Å². The van der Waals surface area contributed by atoms with E-state index in [9.17, 15) is 13.2 Å². The first-order chi connectivity index (χ1) is 17.3. The fourth-order valence-corrected chi connectivity index (χ4v) is 5.88. The predicted octanol–water partition coefficient (Wildman–Crippen LogP) is 5.64. The molecule has 10 heteroatoms. The fraction of sp³-hybridized carbons (Fsp3) is 0.115. The van der Waals surface area contributed by atoms with Gasteiger partial charge >= 0.3 is 0 Å². The monoisotopic (exact) mass is 565 g/mol. The number of ether oxygens (including phenoxy) is 2. The molecule has 0 unspecified atom stereocenters. The molecule has 5 aromatic rings. The number of carbonyl (C=O) groups is 1. The first-order valence-electron chi connectivity index (χ1n) is 10.9. The van der Waals surface area contributed by atoms with Crippen LogP contribution in [-0.2, 0) is 21.4 Å². The van der Waals surface area contributed by atoms with Gasteiger partial charge in [0, 0.05) is 34.8 Å². The van der Waals surface area contributed by atoms with Crippen molar-refractivity contribution >= 4 is 54.0 Å². The zero-order valence-corrected chi connectivity index (χ0v) is 21.7. The Balaban J connectivity index is 1.89. The average Bonchev–Trinajstić information content (AvgIpc) is 3.22. The zero-order valence-electron chi connectivity index (χ0n) is 19.3.